The molecular formula is C16H24N2O4. The van der Waals surface area contributed by atoms with Crippen molar-refractivity contribution < 1.29 is 19.1 Å². The summed E-state index contributed by atoms with van der Waals surface area (Å²) in [6.45, 7) is 4.69. The van der Waals surface area contributed by atoms with Crippen LogP contribution in [0.2, 0.25) is 0 Å². The number of carbonyl (C=O) groups is 2. The molecule has 22 heavy (non-hydrogen) atoms. The first kappa shape index (κ1) is 17.8. The van der Waals surface area contributed by atoms with Gasteiger partial charge >= 0.3 is 0 Å². The van der Waals surface area contributed by atoms with Crippen molar-refractivity contribution in [1.29, 1.82) is 0 Å². The summed E-state index contributed by atoms with van der Waals surface area (Å²) in [6.07, 6.45) is 0.903. The van der Waals surface area contributed by atoms with E-state index in [1.807, 2.05) is 0 Å². The van der Waals surface area contributed by atoms with Gasteiger partial charge in [0.15, 0.2) is 0 Å². The summed E-state index contributed by atoms with van der Waals surface area (Å²) in [5.41, 5.74) is 0.280. The molecule has 1 rings (SSSR count). The Balaban J connectivity index is 2.60. The van der Waals surface area contributed by atoms with E-state index in [1.165, 1.54) is 14.2 Å². The van der Waals surface area contributed by atoms with Gasteiger partial charge < -0.3 is 20.1 Å². The molecule has 0 aliphatic rings. The number of methoxy groups -OCH3 is 2. The quantitative estimate of drug-likeness (QED) is 0.765. The van der Waals surface area contributed by atoms with Crippen molar-refractivity contribution in [3.05, 3.63) is 23.8 Å². The Morgan fingerprint density at radius 2 is 1.68 bits per heavy atom. The molecule has 0 saturated carbocycles. The molecule has 0 saturated heterocycles. The molecule has 2 N–H and O–H groups in total. The lowest BCUT2D eigenvalue weighted by molar-refractivity contribution is -0.120. The van der Waals surface area contributed by atoms with Crippen LogP contribution in [0.15, 0.2) is 18.2 Å². The third-order valence-electron chi connectivity index (χ3n) is 3.11. The van der Waals surface area contributed by atoms with E-state index in [4.69, 9.17) is 9.47 Å². The molecule has 6 nitrogen and oxygen atoms in total. The molecule has 0 aliphatic carbocycles. The fourth-order valence-corrected chi connectivity index (χ4v) is 1.89. The number of amides is 2. The van der Waals surface area contributed by atoms with E-state index in [2.05, 4.69) is 24.5 Å². The molecule has 2 amide bonds. The van der Waals surface area contributed by atoms with E-state index in [9.17, 15) is 9.59 Å². The number of ether oxygens (including phenoxy) is 2. The van der Waals surface area contributed by atoms with Crippen LogP contribution in [0.3, 0.4) is 0 Å². The van der Waals surface area contributed by atoms with Crippen LogP contribution in [0.5, 0.6) is 11.5 Å². The summed E-state index contributed by atoms with van der Waals surface area (Å²) in [5, 5.41) is 5.34. The third kappa shape index (κ3) is 5.27. The second kappa shape index (κ2) is 8.92. The van der Waals surface area contributed by atoms with Crippen molar-refractivity contribution in [2.75, 3.05) is 27.3 Å². The van der Waals surface area contributed by atoms with Gasteiger partial charge in [-0.05, 0) is 24.5 Å². The van der Waals surface area contributed by atoms with Crippen molar-refractivity contribution in [1.82, 2.24) is 10.6 Å². The Hall–Kier alpha value is -2.24. The summed E-state index contributed by atoms with van der Waals surface area (Å²) in [6, 6.07) is 5.06. The van der Waals surface area contributed by atoms with Gasteiger partial charge in [0.2, 0.25) is 5.91 Å². The number of hydrogen-bond acceptors (Lipinski definition) is 4. The largest absolute Gasteiger partial charge is 0.496 e. The molecule has 0 bridgehead atoms. The van der Waals surface area contributed by atoms with Crippen LogP contribution >= 0.6 is 0 Å². The van der Waals surface area contributed by atoms with Crippen LogP contribution in [-0.2, 0) is 4.79 Å². The summed E-state index contributed by atoms with van der Waals surface area (Å²) < 4.78 is 10.3. The van der Waals surface area contributed by atoms with Crippen molar-refractivity contribution >= 4 is 11.8 Å². The molecule has 0 aliphatic heterocycles. The zero-order chi connectivity index (χ0) is 16.5. The van der Waals surface area contributed by atoms with Gasteiger partial charge in [-0.2, -0.15) is 0 Å². The average Bonchev–Trinajstić information content (AvgIpc) is 2.51. The van der Waals surface area contributed by atoms with Gasteiger partial charge in [0, 0.05) is 6.54 Å². The van der Waals surface area contributed by atoms with Crippen molar-refractivity contribution in [2.45, 2.75) is 20.3 Å². The highest BCUT2D eigenvalue weighted by Gasteiger charge is 2.18. The van der Waals surface area contributed by atoms with Crippen LogP contribution in [0.1, 0.15) is 30.6 Å². The zero-order valence-corrected chi connectivity index (χ0v) is 13.6. The highest BCUT2D eigenvalue weighted by atomic mass is 16.5. The van der Waals surface area contributed by atoms with Gasteiger partial charge in [-0.1, -0.05) is 19.9 Å². The van der Waals surface area contributed by atoms with Crippen LogP contribution < -0.4 is 20.1 Å². The maximum Gasteiger partial charge on any atom is 0.259 e. The first-order valence-electron chi connectivity index (χ1n) is 7.25. The lowest BCUT2D eigenvalue weighted by Gasteiger charge is -2.13. The Morgan fingerprint density at radius 3 is 2.18 bits per heavy atom. The predicted octanol–water partition coefficient (Wildman–Crippen LogP) is 1.60. The Labute approximate surface area is 131 Å². The zero-order valence-electron chi connectivity index (χ0n) is 13.6. The number of rotatable bonds is 8. The minimum absolute atomic E-state index is 0.0852. The minimum Gasteiger partial charge on any atom is -0.496 e. The van der Waals surface area contributed by atoms with Gasteiger partial charge in [-0.15, -0.1) is 0 Å². The van der Waals surface area contributed by atoms with E-state index >= 15 is 0 Å². The first-order valence-corrected chi connectivity index (χ1v) is 7.25. The number of carbonyl (C=O) groups excluding carboxylic acids is 2. The summed E-state index contributed by atoms with van der Waals surface area (Å²) in [7, 11) is 2.95. The smallest absolute Gasteiger partial charge is 0.259 e. The summed E-state index contributed by atoms with van der Waals surface area (Å²) in [5.74, 6) is 0.693. The second-order valence-electron chi connectivity index (χ2n) is 5.25. The molecule has 0 unspecified atom stereocenters. The molecule has 0 radical (unpaired) electrons. The van der Waals surface area contributed by atoms with Crippen LogP contribution in [0.4, 0.5) is 0 Å². The van der Waals surface area contributed by atoms with E-state index < -0.39 is 5.91 Å². The average molecular weight is 308 g/mol. The molecule has 1 aromatic rings. The normalized spacial score (nSPS) is 10.2. The lowest BCUT2D eigenvalue weighted by atomic mass is 10.1. The molecule has 0 heterocycles. The van der Waals surface area contributed by atoms with Gasteiger partial charge in [-0.3, -0.25) is 9.59 Å². The van der Waals surface area contributed by atoms with Crippen molar-refractivity contribution in [3.63, 3.8) is 0 Å². The molecular weight excluding hydrogens is 284 g/mol. The highest BCUT2D eigenvalue weighted by molar-refractivity contribution is 6.01. The van der Waals surface area contributed by atoms with E-state index in [1.54, 1.807) is 18.2 Å². The summed E-state index contributed by atoms with van der Waals surface area (Å²) >= 11 is 0. The molecule has 0 spiro atoms. The Kier molecular flexibility index (Phi) is 7.22. The Morgan fingerprint density at radius 1 is 1.09 bits per heavy atom. The molecule has 6 heteroatoms. The van der Waals surface area contributed by atoms with Gasteiger partial charge in [0.05, 0.1) is 20.8 Å². The Bertz CT molecular complexity index is 493. The summed E-state index contributed by atoms with van der Waals surface area (Å²) in [4.78, 5) is 23.9. The van der Waals surface area contributed by atoms with Gasteiger partial charge in [0.1, 0.15) is 17.1 Å². The fraction of sp³-hybridized carbons (Fsp3) is 0.500. The lowest BCUT2D eigenvalue weighted by Crippen LogP contribution is -2.37. The monoisotopic (exact) mass is 308 g/mol. The maximum atomic E-state index is 12.2. The minimum atomic E-state index is -0.409. The second-order valence-corrected chi connectivity index (χ2v) is 5.25. The number of hydrogen-bond donors (Lipinski definition) is 2. The number of benzene rings is 1. The van der Waals surface area contributed by atoms with E-state index in [0.717, 1.165) is 6.42 Å². The molecule has 122 valence electrons. The molecule has 1 aromatic carbocycles. The predicted molar refractivity (Wildman–Crippen MR) is 84.3 cm³/mol. The van der Waals surface area contributed by atoms with E-state index in [-0.39, 0.29) is 18.0 Å². The first-order chi connectivity index (χ1) is 10.5. The fourth-order valence-electron chi connectivity index (χ4n) is 1.89. The van der Waals surface area contributed by atoms with Crippen LogP contribution in [-0.4, -0.2) is 39.1 Å². The molecule has 0 fully saturated rings. The van der Waals surface area contributed by atoms with Crippen molar-refractivity contribution in [3.8, 4) is 11.5 Å². The van der Waals surface area contributed by atoms with Crippen LogP contribution in [0.25, 0.3) is 0 Å². The van der Waals surface area contributed by atoms with Crippen molar-refractivity contribution in [2.24, 2.45) is 5.92 Å². The van der Waals surface area contributed by atoms with Gasteiger partial charge in [-0.25, -0.2) is 0 Å². The van der Waals surface area contributed by atoms with E-state index in [0.29, 0.717) is 24.0 Å². The highest BCUT2D eigenvalue weighted by Crippen LogP contribution is 2.27. The SMILES string of the molecule is COc1cccc(OC)c1C(=O)NCC(=O)NCCC(C)C. The van der Waals surface area contributed by atoms with Crippen LogP contribution in [0, 0.1) is 5.92 Å². The maximum absolute atomic E-state index is 12.2. The third-order valence-corrected chi connectivity index (χ3v) is 3.11. The topological polar surface area (TPSA) is 76.7 Å². The molecule has 0 atom stereocenters. The van der Waals surface area contributed by atoms with Gasteiger partial charge in [0.25, 0.3) is 5.91 Å². The molecule has 0 aromatic heterocycles. The number of nitrogens with one attached hydrogen (secondary N) is 2. The standard InChI is InChI=1S/C16H24N2O4/c1-11(2)8-9-17-14(19)10-18-16(20)15-12(21-3)6-5-7-13(15)22-4/h5-7,11H,8-10H2,1-4H3,(H,17,19)(H,18,20).